The van der Waals surface area contributed by atoms with Crippen molar-refractivity contribution in [2.24, 2.45) is 11.7 Å². The maximum atomic E-state index is 6.09. The number of piperidine rings is 1. The molecule has 18 heavy (non-hydrogen) atoms. The van der Waals surface area contributed by atoms with Gasteiger partial charge in [0.05, 0.1) is 10.0 Å². The van der Waals surface area contributed by atoms with Crippen molar-refractivity contribution in [3.63, 3.8) is 0 Å². The summed E-state index contributed by atoms with van der Waals surface area (Å²) in [4.78, 5) is 2.47. The second-order valence-electron chi connectivity index (χ2n) is 5.17. The van der Waals surface area contributed by atoms with E-state index >= 15 is 0 Å². The molecule has 0 aliphatic carbocycles. The second kappa shape index (κ2) is 6.25. The van der Waals surface area contributed by atoms with Crippen molar-refractivity contribution in [1.29, 1.82) is 0 Å². The van der Waals surface area contributed by atoms with Gasteiger partial charge in [-0.2, -0.15) is 0 Å². The molecule has 2 nitrogen and oxygen atoms in total. The molecule has 0 amide bonds. The number of halogens is 2. The van der Waals surface area contributed by atoms with Crippen molar-refractivity contribution in [1.82, 2.24) is 4.90 Å². The zero-order chi connectivity index (χ0) is 13.1. The summed E-state index contributed by atoms with van der Waals surface area (Å²) >= 11 is 12.1. The van der Waals surface area contributed by atoms with E-state index in [-0.39, 0.29) is 6.04 Å². The molecule has 0 bridgehead atoms. The van der Waals surface area contributed by atoms with E-state index in [0.717, 1.165) is 19.0 Å². The summed E-state index contributed by atoms with van der Waals surface area (Å²) in [5, 5.41) is 1.21. The molecule has 1 heterocycles. The van der Waals surface area contributed by atoms with E-state index in [1.165, 1.54) is 18.4 Å². The fourth-order valence-electron chi connectivity index (χ4n) is 2.72. The van der Waals surface area contributed by atoms with Crippen LogP contribution in [0.3, 0.4) is 0 Å². The molecule has 0 aromatic heterocycles. The molecule has 1 saturated heterocycles. The highest BCUT2D eigenvalue weighted by Crippen LogP contribution is 2.30. The van der Waals surface area contributed by atoms with Crippen LogP contribution in [-0.4, -0.2) is 24.5 Å². The van der Waals surface area contributed by atoms with Crippen LogP contribution in [0, 0.1) is 5.92 Å². The van der Waals surface area contributed by atoms with E-state index in [0.29, 0.717) is 16.6 Å². The van der Waals surface area contributed by atoms with Crippen molar-refractivity contribution in [2.75, 3.05) is 19.6 Å². The molecule has 0 saturated carbocycles. The Bertz CT molecular complexity index is 409. The van der Waals surface area contributed by atoms with Gasteiger partial charge in [0.1, 0.15) is 0 Å². The van der Waals surface area contributed by atoms with E-state index < -0.39 is 0 Å². The fraction of sp³-hybridized carbons (Fsp3) is 0.571. The maximum absolute atomic E-state index is 6.09. The van der Waals surface area contributed by atoms with E-state index in [9.17, 15) is 0 Å². The largest absolute Gasteiger partial charge is 0.329 e. The van der Waals surface area contributed by atoms with Gasteiger partial charge in [-0.3, -0.25) is 4.90 Å². The van der Waals surface area contributed by atoms with Crippen LogP contribution >= 0.6 is 23.2 Å². The minimum Gasteiger partial charge on any atom is -0.329 e. The molecule has 2 N–H and O–H groups in total. The Balaban J connectivity index is 2.18. The second-order valence-corrected chi connectivity index (χ2v) is 5.98. The first-order valence-corrected chi connectivity index (χ1v) is 7.26. The van der Waals surface area contributed by atoms with Crippen LogP contribution in [-0.2, 0) is 0 Å². The summed E-state index contributed by atoms with van der Waals surface area (Å²) in [5.74, 6) is 0.746. The van der Waals surface area contributed by atoms with Gasteiger partial charge in [0.2, 0.25) is 0 Å². The smallest absolute Gasteiger partial charge is 0.0595 e. The third kappa shape index (κ3) is 3.18. The van der Waals surface area contributed by atoms with Gasteiger partial charge in [-0.05, 0) is 43.0 Å². The summed E-state index contributed by atoms with van der Waals surface area (Å²) in [7, 11) is 0. The standard InChI is InChI=1S/C14H20Cl2N2/c1-10-3-2-6-18(9-10)14(8-17)11-4-5-12(15)13(16)7-11/h4-5,7,10,14H,2-3,6,8-9,17H2,1H3/t10-,14+/m0/s1. The molecular weight excluding hydrogens is 267 g/mol. The molecular formula is C14H20Cl2N2. The van der Waals surface area contributed by atoms with Crippen molar-refractivity contribution in [3.8, 4) is 0 Å². The van der Waals surface area contributed by atoms with Crippen LogP contribution in [0.5, 0.6) is 0 Å². The number of likely N-dealkylation sites (tertiary alicyclic amines) is 1. The molecule has 1 aliphatic rings. The predicted octanol–water partition coefficient (Wildman–Crippen LogP) is 3.73. The number of hydrogen-bond acceptors (Lipinski definition) is 2. The highest BCUT2D eigenvalue weighted by atomic mass is 35.5. The number of benzene rings is 1. The van der Waals surface area contributed by atoms with Crippen LogP contribution in [0.2, 0.25) is 10.0 Å². The molecule has 4 heteroatoms. The quantitative estimate of drug-likeness (QED) is 0.918. The first-order chi connectivity index (χ1) is 8.61. The van der Waals surface area contributed by atoms with Crippen molar-refractivity contribution >= 4 is 23.2 Å². The average molecular weight is 287 g/mol. The lowest BCUT2D eigenvalue weighted by atomic mass is 9.96. The minimum absolute atomic E-state index is 0.252. The monoisotopic (exact) mass is 286 g/mol. The Labute approximate surface area is 119 Å². The third-order valence-corrected chi connectivity index (χ3v) is 4.42. The molecule has 100 valence electrons. The molecule has 2 atom stereocenters. The van der Waals surface area contributed by atoms with Crippen LogP contribution in [0.4, 0.5) is 0 Å². The van der Waals surface area contributed by atoms with Gasteiger partial charge >= 0.3 is 0 Å². The number of nitrogens with two attached hydrogens (primary N) is 1. The topological polar surface area (TPSA) is 29.3 Å². The zero-order valence-electron chi connectivity index (χ0n) is 10.7. The molecule has 1 aromatic carbocycles. The van der Waals surface area contributed by atoms with Gasteiger partial charge in [0.25, 0.3) is 0 Å². The lowest BCUT2D eigenvalue weighted by Gasteiger charge is -2.37. The van der Waals surface area contributed by atoms with Gasteiger partial charge in [0.15, 0.2) is 0 Å². The lowest BCUT2D eigenvalue weighted by molar-refractivity contribution is 0.133. The third-order valence-electron chi connectivity index (χ3n) is 3.68. The predicted molar refractivity (Wildman–Crippen MR) is 78.2 cm³/mol. The Morgan fingerprint density at radius 1 is 1.39 bits per heavy atom. The summed E-state index contributed by atoms with van der Waals surface area (Å²) in [5.41, 5.74) is 7.12. The van der Waals surface area contributed by atoms with E-state index in [2.05, 4.69) is 11.8 Å². The zero-order valence-corrected chi connectivity index (χ0v) is 12.2. The first-order valence-electron chi connectivity index (χ1n) is 6.51. The van der Waals surface area contributed by atoms with Crippen LogP contribution in [0.25, 0.3) is 0 Å². The average Bonchev–Trinajstić information content (AvgIpc) is 2.35. The molecule has 0 spiro atoms. The van der Waals surface area contributed by atoms with Gasteiger partial charge in [-0.15, -0.1) is 0 Å². The van der Waals surface area contributed by atoms with Crippen molar-refractivity contribution in [3.05, 3.63) is 33.8 Å². The Morgan fingerprint density at radius 2 is 2.17 bits per heavy atom. The molecule has 0 unspecified atom stereocenters. The highest BCUT2D eigenvalue weighted by molar-refractivity contribution is 6.42. The van der Waals surface area contributed by atoms with E-state index in [4.69, 9.17) is 28.9 Å². The van der Waals surface area contributed by atoms with Gasteiger partial charge < -0.3 is 5.73 Å². The molecule has 0 radical (unpaired) electrons. The van der Waals surface area contributed by atoms with Crippen LogP contribution in [0.1, 0.15) is 31.4 Å². The summed E-state index contributed by atoms with van der Waals surface area (Å²) < 4.78 is 0. The van der Waals surface area contributed by atoms with E-state index in [1.54, 1.807) is 0 Å². The Morgan fingerprint density at radius 3 is 2.78 bits per heavy atom. The van der Waals surface area contributed by atoms with Gasteiger partial charge in [-0.1, -0.05) is 36.2 Å². The van der Waals surface area contributed by atoms with Crippen LogP contribution in [0.15, 0.2) is 18.2 Å². The minimum atomic E-state index is 0.252. The van der Waals surface area contributed by atoms with Crippen molar-refractivity contribution in [2.45, 2.75) is 25.8 Å². The van der Waals surface area contributed by atoms with E-state index in [1.807, 2.05) is 18.2 Å². The summed E-state index contributed by atoms with van der Waals surface area (Å²) in [6.45, 7) is 5.15. The molecule has 1 aliphatic heterocycles. The maximum Gasteiger partial charge on any atom is 0.0595 e. The lowest BCUT2D eigenvalue weighted by Crippen LogP contribution is -2.40. The molecule has 2 rings (SSSR count). The summed E-state index contributed by atoms with van der Waals surface area (Å²) in [6, 6.07) is 6.09. The Hall–Kier alpha value is -0.280. The van der Waals surface area contributed by atoms with Crippen molar-refractivity contribution < 1.29 is 0 Å². The number of hydrogen-bond donors (Lipinski definition) is 1. The normalized spacial score (nSPS) is 23.0. The first kappa shape index (κ1) is 14.1. The SMILES string of the molecule is C[C@H]1CCCN([C@H](CN)c2ccc(Cl)c(Cl)c2)C1. The Kier molecular flexibility index (Phi) is 4.91. The van der Waals surface area contributed by atoms with Crippen LogP contribution < -0.4 is 5.73 Å². The summed E-state index contributed by atoms with van der Waals surface area (Å²) in [6.07, 6.45) is 2.56. The highest BCUT2D eigenvalue weighted by Gasteiger charge is 2.24. The van der Waals surface area contributed by atoms with Gasteiger partial charge in [-0.25, -0.2) is 0 Å². The molecule has 1 fully saturated rings. The number of nitrogens with zero attached hydrogens (tertiary/aromatic N) is 1. The fourth-order valence-corrected chi connectivity index (χ4v) is 3.03. The van der Waals surface area contributed by atoms with Gasteiger partial charge in [0, 0.05) is 19.1 Å². The molecule has 1 aromatic rings. The number of rotatable bonds is 3.